The number of Topliss-reactive ketones (excluding diaryl/α,β-unsaturated/α-hetero) is 1. The number of nitrogens with zero attached hydrogens (tertiary/aromatic N) is 2. The van der Waals surface area contributed by atoms with E-state index in [1.54, 1.807) is 23.1 Å². The molecule has 1 N–H and O–H groups in total. The Labute approximate surface area is 147 Å². The van der Waals surface area contributed by atoms with E-state index in [4.69, 9.17) is 0 Å². The second kappa shape index (κ2) is 9.27. The van der Waals surface area contributed by atoms with Gasteiger partial charge in [-0.15, -0.1) is 10.2 Å². The summed E-state index contributed by atoms with van der Waals surface area (Å²) in [6, 6.07) is 7.51. The van der Waals surface area contributed by atoms with Crippen LogP contribution < -0.4 is 5.32 Å². The fourth-order valence-electron chi connectivity index (χ4n) is 1.74. The van der Waals surface area contributed by atoms with Gasteiger partial charge in [-0.25, -0.2) is 0 Å². The lowest BCUT2D eigenvalue weighted by Gasteiger charge is -2.01. The predicted octanol–water partition coefficient (Wildman–Crippen LogP) is 4.88. The van der Waals surface area contributed by atoms with E-state index in [9.17, 15) is 4.79 Å². The Balaban J connectivity index is 1.69. The molecule has 0 bridgehead atoms. The van der Waals surface area contributed by atoms with Gasteiger partial charge in [0.05, 0.1) is 0 Å². The van der Waals surface area contributed by atoms with E-state index in [-0.39, 0.29) is 5.78 Å². The van der Waals surface area contributed by atoms with E-state index in [0.29, 0.717) is 6.42 Å². The molecule has 2 rings (SSSR count). The monoisotopic (exact) mass is 399 g/mol. The Hall–Kier alpha value is -0.920. The van der Waals surface area contributed by atoms with Crippen molar-refractivity contribution in [3.8, 4) is 0 Å². The lowest BCUT2D eigenvalue weighted by molar-refractivity contribution is 0.0982. The number of ketones is 1. The molecule has 4 nitrogen and oxygen atoms in total. The third-order valence-corrected chi connectivity index (χ3v) is 5.50. The minimum absolute atomic E-state index is 0.190. The van der Waals surface area contributed by atoms with Crippen molar-refractivity contribution in [2.24, 2.45) is 0 Å². The Morgan fingerprint density at radius 3 is 2.82 bits per heavy atom. The summed E-state index contributed by atoms with van der Waals surface area (Å²) in [6.45, 7) is 3.03. The van der Waals surface area contributed by atoms with E-state index in [0.717, 1.165) is 44.6 Å². The number of rotatable bonds is 9. The lowest BCUT2D eigenvalue weighted by Crippen LogP contribution is -1.99. The van der Waals surface area contributed by atoms with Gasteiger partial charge in [-0.05, 0) is 25.0 Å². The van der Waals surface area contributed by atoms with E-state index < -0.39 is 0 Å². The molecule has 0 atom stereocenters. The molecule has 0 fully saturated rings. The van der Waals surface area contributed by atoms with Gasteiger partial charge in [-0.2, -0.15) is 0 Å². The summed E-state index contributed by atoms with van der Waals surface area (Å²) in [5.41, 5.74) is 0.773. The van der Waals surface area contributed by atoms with Gasteiger partial charge in [-0.1, -0.05) is 58.1 Å². The Morgan fingerprint density at radius 1 is 1.32 bits per heavy atom. The molecule has 0 aliphatic rings. The maximum atomic E-state index is 12.0. The van der Waals surface area contributed by atoms with Gasteiger partial charge >= 0.3 is 0 Å². The van der Waals surface area contributed by atoms with Crippen molar-refractivity contribution >= 4 is 49.9 Å². The van der Waals surface area contributed by atoms with Crippen molar-refractivity contribution < 1.29 is 4.79 Å². The Morgan fingerprint density at radius 2 is 2.09 bits per heavy atom. The average Bonchev–Trinajstić information content (AvgIpc) is 2.98. The molecule has 0 saturated carbocycles. The molecule has 0 unspecified atom stereocenters. The van der Waals surface area contributed by atoms with Crippen LogP contribution in [0, 0.1) is 0 Å². The minimum atomic E-state index is 0.190. The zero-order valence-corrected chi connectivity index (χ0v) is 15.6. The number of anilines is 1. The van der Waals surface area contributed by atoms with Crippen LogP contribution in [0.15, 0.2) is 33.1 Å². The van der Waals surface area contributed by atoms with E-state index in [1.165, 1.54) is 0 Å². The molecule has 0 amide bonds. The largest absolute Gasteiger partial charge is 0.360 e. The normalized spacial score (nSPS) is 10.6. The Kier molecular flexibility index (Phi) is 7.35. The van der Waals surface area contributed by atoms with Crippen LogP contribution in [0.4, 0.5) is 5.13 Å². The number of carbonyl (C=O) groups excluding carboxylic acids is 1. The van der Waals surface area contributed by atoms with Crippen molar-refractivity contribution in [2.45, 2.75) is 30.5 Å². The van der Waals surface area contributed by atoms with Gasteiger partial charge in [-0.3, -0.25) is 4.79 Å². The van der Waals surface area contributed by atoms with Crippen LogP contribution in [-0.4, -0.2) is 28.3 Å². The maximum absolute atomic E-state index is 12.0. The third kappa shape index (κ3) is 5.70. The summed E-state index contributed by atoms with van der Waals surface area (Å²) >= 11 is 6.60. The Bertz CT molecular complexity index is 601. The number of halogens is 1. The second-order valence-corrected chi connectivity index (χ2v) is 7.92. The molecule has 0 aliphatic carbocycles. The zero-order valence-electron chi connectivity index (χ0n) is 12.3. The number of hydrogen-bond acceptors (Lipinski definition) is 6. The molecular weight excluding hydrogens is 382 g/mol. The molecule has 0 aliphatic heterocycles. The highest BCUT2D eigenvalue weighted by atomic mass is 79.9. The van der Waals surface area contributed by atoms with Gasteiger partial charge < -0.3 is 5.32 Å². The molecule has 0 spiro atoms. The fraction of sp³-hybridized carbons (Fsp3) is 0.400. The lowest BCUT2D eigenvalue weighted by atomic mass is 10.1. The van der Waals surface area contributed by atoms with Crippen LogP contribution >= 0.6 is 39.0 Å². The first kappa shape index (κ1) is 17.4. The standard InChI is InChI=1S/C15H18BrN3OS2/c1-2-9-17-14-18-19-15(22-14)21-10-3-4-13(20)11-5-7-12(16)8-6-11/h5-8H,2-4,9-10H2,1H3,(H,17,18). The molecule has 22 heavy (non-hydrogen) atoms. The molecule has 1 aromatic heterocycles. The molecule has 0 saturated heterocycles. The molecule has 118 valence electrons. The van der Waals surface area contributed by atoms with Crippen molar-refractivity contribution in [3.63, 3.8) is 0 Å². The molecular formula is C15H18BrN3OS2. The number of carbonyl (C=O) groups is 1. The van der Waals surface area contributed by atoms with E-state index in [2.05, 4.69) is 38.4 Å². The molecule has 7 heteroatoms. The smallest absolute Gasteiger partial charge is 0.206 e. The molecule has 2 aromatic rings. The van der Waals surface area contributed by atoms with Crippen LogP contribution in [0.3, 0.4) is 0 Å². The molecule has 1 heterocycles. The van der Waals surface area contributed by atoms with E-state index in [1.807, 2.05) is 24.3 Å². The quantitative estimate of drug-likeness (QED) is 0.370. The van der Waals surface area contributed by atoms with Gasteiger partial charge in [0.1, 0.15) is 0 Å². The van der Waals surface area contributed by atoms with Crippen LogP contribution in [0.1, 0.15) is 36.5 Å². The van der Waals surface area contributed by atoms with Crippen LogP contribution in [0.5, 0.6) is 0 Å². The predicted molar refractivity (Wildman–Crippen MR) is 97.1 cm³/mol. The van der Waals surface area contributed by atoms with Gasteiger partial charge in [0, 0.05) is 28.8 Å². The first-order valence-corrected chi connectivity index (χ1v) is 9.77. The summed E-state index contributed by atoms with van der Waals surface area (Å²) in [7, 11) is 0. The van der Waals surface area contributed by atoms with Crippen LogP contribution in [0.25, 0.3) is 0 Å². The van der Waals surface area contributed by atoms with Crippen molar-refractivity contribution in [1.82, 2.24) is 10.2 Å². The first-order valence-electron chi connectivity index (χ1n) is 7.18. The van der Waals surface area contributed by atoms with Crippen molar-refractivity contribution in [3.05, 3.63) is 34.3 Å². The minimum Gasteiger partial charge on any atom is -0.360 e. The zero-order chi connectivity index (χ0) is 15.8. The number of thioether (sulfide) groups is 1. The van der Waals surface area contributed by atoms with Crippen molar-refractivity contribution in [1.29, 1.82) is 0 Å². The number of hydrogen-bond donors (Lipinski definition) is 1. The molecule has 1 aromatic carbocycles. The summed E-state index contributed by atoms with van der Waals surface area (Å²) in [6.07, 6.45) is 2.48. The number of aromatic nitrogens is 2. The summed E-state index contributed by atoms with van der Waals surface area (Å²) in [4.78, 5) is 12.0. The van der Waals surface area contributed by atoms with Crippen molar-refractivity contribution in [2.75, 3.05) is 17.6 Å². The first-order chi connectivity index (χ1) is 10.7. The van der Waals surface area contributed by atoms with Crippen LogP contribution in [0.2, 0.25) is 0 Å². The molecule has 0 radical (unpaired) electrons. The maximum Gasteiger partial charge on any atom is 0.206 e. The summed E-state index contributed by atoms with van der Waals surface area (Å²) < 4.78 is 1.94. The van der Waals surface area contributed by atoms with Gasteiger partial charge in [0.25, 0.3) is 0 Å². The van der Waals surface area contributed by atoms with Crippen LogP contribution in [-0.2, 0) is 0 Å². The SMILES string of the molecule is CCCNc1nnc(SCCCC(=O)c2ccc(Br)cc2)s1. The highest BCUT2D eigenvalue weighted by Gasteiger charge is 2.07. The number of nitrogens with one attached hydrogen (secondary N) is 1. The average molecular weight is 400 g/mol. The highest BCUT2D eigenvalue weighted by Crippen LogP contribution is 2.26. The summed E-state index contributed by atoms with van der Waals surface area (Å²) in [5, 5.41) is 12.3. The fourth-order valence-corrected chi connectivity index (χ4v) is 3.80. The van der Waals surface area contributed by atoms with Gasteiger partial charge in [0.15, 0.2) is 10.1 Å². The van der Waals surface area contributed by atoms with Gasteiger partial charge in [0.2, 0.25) is 5.13 Å². The highest BCUT2D eigenvalue weighted by molar-refractivity contribution is 9.10. The second-order valence-electron chi connectivity index (χ2n) is 4.68. The number of benzene rings is 1. The third-order valence-electron chi connectivity index (χ3n) is 2.87. The topological polar surface area (TPSA) is 54.9 Å². The van der Waals surface area contributed by atoms with E-state index >= 15 is 0 Å². The summed E-state index contributed by atoms with van der Waals surface area (Å²) in [5.74, 6) is 1.07.